The molecule has 0 spiro atoms. The van der Waals surface area contributed by atoms with Gasteiger partial charge in [-0.1, -0.05) is 0 Å². The molecule has 5 rings (SSSR count). The van der Waals surface area contributed by atoms with Crippen molar-refractivity contribution in [2.45, 2.75) is 44.4 Å². The van der Waals surface area contributed by atoms with Gasteiger partial charge in [0, 0.05) is 30.1 Å². The molecule has 1 atom stereocenters. The van der Waals surface area contributed by atoms with Gasteiger partial charge in [0.2, 0.25) is 0 Å². The molecule has 1 aliphatic carbocycles. The molecule has 1 aliphatic heterocycles. The Labute approximate surface area is 155 Å². The van der Waals surface area contributed by atoms with Crippen LogP contribution in [0.15, 0.2) is 24.5 Å². The summed E-state index contributed by atoms with van der Waals surface area (Å²) >= 11 is 1.88. The van der Waals surface area contributed by atoms with Gasteiger partial charge in [-0.3, -0.25) is 4.79 Å². The van der Waals surface area contributed by atoms with Crippen molar-refractivity contribution >= 4 is 22.8 Å². The summed E-state index contributed by atoms with van der Waals surface area (Å²) in [6.45, 7) is 1.56. The fourth-order valence-corrected chi connectivity index (χ4v) is 5.36. The first-order valence-electron chi connectivity index (χ1n) is 9.36. The molecule has 0 radical (unpaired) electrons. The third kappa shape index (κ3) is 2.70. The first-order valence-corrected chi connectivity index (χ1v) is 10.2. The summed E-state index contributed by atoms with van der Waals surface area (Å²) in [6, 6.07) is 3.73. The van der Waals surface area contributed by atoms with Crippen molar-refractivity contribution in [1.29, 1.82) is 0 Å². The Hall–Kier alpha value is -2.28. The predicted molar refractivity (Wildman–Crippen MR) is 99.6 cm³/mol. The average Bonchev–Trinajstić information content (AvgIpc) is 3.32. The van der Waals surface area contributed by atoms with E-state index in [1.165, 1.54) is 39.5 Å². The van der Waals surface area contributed by atoms with Crippen molar-refractivity contribution in [1.82, 2.24) is 24.7 Å². The zero-order valence-corrected chi connectivity index (χ0v) is 15.4. The fraction of sp³-hybridized carbons (Fsp3) is 0.474. The molecule has 7 heteroatoms. The molecular weight excluding hydrogens is 346 g/mol. The second-order valence-corrected chi connectivity index (χ2v) is 8.29. The number of piperidine rings is 1. The Morgan fingerprint density at radius 2 is 2.12 bits per heavy atom. The molecule has 0 aromatic carbocycles. The van der Waals surface area contributed by atoms with Gasteiger partial charge in [-0.15, -0.1) is 11.3 Å². The van der Waals surface area contributed by atoms with Gasteiger partial charge in [-0.05, 0) is 50.7 Å². The van der Waals surface area contributed by atoms with Crippen LogP contribution in [0.5, 0.6) is 0 Å². The van der Waals surface area contributed by atoms with Gasteiger partial charge in [0.25, 0.3) is 5.91 Å². The topological polar surface area (TPSA) is 63.4 Å². The van der Waals surface area contributed by atoms with Gasteiger partial charge in [-0.25, -0.2) is 4.98 Å². The van der Waals surface area contributed by atoms with Crippen LogP contribution in [-0.2, 0) is 12.8 Å². The predicted octanol–water partition coefficient (Wildman–Crippen LogP) is 3.08. The molecule has 6 nitrogen and oxygen atoms in total. The number of nitrogens with zero attached hydrogens (tertiary/aromatic N) is 5. The molecule has 4 heterocycles. The molecule has 0 saturated carbocycles. The molecule has 0 bridgehead atoms. The maximum Gasteiger partial charge on any atom is 0.257 e. The summed E-state index contributed by atoms with van der Waals surface area (Å²) in [5.41, 5.74) is 2.72. The van der Waals surface area contributed by atoms with Gasteiger partial charge in [0.1, 0.15) is 5.52 Å². The molecule has 3 aromatic rings. The van der Waals surface area contributed by atoms with E-state index < -0.39 is 0 Å². The number of hydrogen-bond acceptors (Lipinski definition) is 5. The van der Waals surface area contributed by atoms with Crippen LogP contribution in [0.1, 0.15) is 57.5 Å². The monoisotopic (exact) mass is 367 g/mol. The van der Waals surface area contributed by atoms with Crippen molar-refractivity contribution in [2.24, 2.45) is 0 Å². The third-order valence-electron chi connectivity index (χ3n) is 5.45. The summed E-state index contributed by atoms with van der Waals surface area (Å²) in [7, 11) is 0. The number of hydrogen-bond donors (Lipinski definition) is 0. The summed E-state index contributed by atoms with van der Waals surface area (Å²) < 4.78 is 1.52. The summed E-state index contributed by atoms with van der Waals surface area (Å²) in [5, 5.41) is 9.59. The molecule has 134 valence electrons. The Bertz CT molecular complexity index is 938. The quantitative estimate of drug-likeness (QED) is 0.698. The molecule has 1 amide bonds. The van der Waals surface area contributed by atoms with Gasteiger partial charge in [0.15, 0.2) is 0 Å². The molecule has 26 heavy (non-hydrogen) atoms. The van der Waals surface area contributed by atoms with Crippen molar-refractivity contribution in [3.8, 4) is 0 Å². The van der Waals surface area contributed by atoms with Crippen LogP contribution in [0.2, 0.25) is 0 Å². The van der Waals surface area contributed by atoms with Gasteiger partial charge < -0.3 is 4.90 Å². The molecule has 1 unspecified atom stereocenters. The number of thiazole rings is 1. The third-order valence-corrected chi connectivity index (χ3v) is 6.77. The van der Waals surface area contributed by atoms with E-state index >= 15 is 0 Å². The summed E-state index contributed by atoms with van der Waals surface area (Å²) in [6.07, 6.45) is 10.3. The smallest absolute Gasteiger partial charge is 0.257 e. The number of amides is 1. The van der Waals surface area contributed by atoms with Gasteiger partial charge in [-0.2, -0.15) is 14.8 Å². The number of likely N-dealkylation sites (tertiary alicyclic amines) is 1. The molecule has 1 saturated heterocycles. The van der Waals surface area contributed by atoms with Crippen LogP contribution >= 0.6 is 11.3 Å². The SMILES string of the molecule is O=C(c1cnn2ncccc12)N1CCCC(c2nc3c(s2)CCCC3)C1. The summed E-state index contributed by atoms with van der Waals surface area (Å²) in [4.78, 5) is 21.5. The lowest BCUT2D eigenvalue weighted by Crippen LogP contribution is -2.39. The lowest BCUT2D eigenvalue weighted by atomic mass is 9.98. The van der Waals surface area contributed by atoms with Crippen molar-refractivity contribution in [3.05, 3.63) is 45.7 Å². The maximum atomic E-state index is 13.1. The van der Waals surface area contributed by atoms with E-state index in [2.05, 4.69) is 10.2 Å². The first-order chi connectivity index (χ1) is 12.8. The van der Waals surface area contributed by atoms with E-state index in [-0.39, 0.29) is 5.91 Å². The minimum absolute atomic E-state index is 0.0546. The number of carbonyl (C=O) groups excluding carboxylic acids is 1. The van der Waals surface area contributed by atoms with Gasteiger partial charge in [0.05, 0.1) is 22.5 Å². The lowest BCUT2D eigenvalue weighted by molar-refractivity contribution is 0.0709. The van der Waals surface area contributed by atoms with Crippen molar-refractivity contribution in [3.63, 3.8) is 0 Å². The minimum atomic E-state index is 0.0546. The number of rotatable bonds is 2. The highest BCUT2D eigenvalue weighted by Gasteiger charge is 2.30. The highest BCUT2D eigenvalue weighted by Crippen LogP contribution is 2.35. The Morgan fingerprint density at radius 1 is 1.19 bits per heavy atom. The molecule has 0 N–H and O–H groups in total. The molecular formula is C19H21N5OS. The Balaban J connectivity index is 1.38. The second kappa shape index (κ2) is 6.46. The largest absolute Gasteiger partial charge is 0.338 e. The van der Waals surface area contributed by atoms with Crippen LogP contribution in [0.4, 0.5) is 0 Å². The lowest BCUT2D eigenvalue weighted by Gasteiger charge is -2.31. The Morgan fingerprint density at radius 3 is 3.04 bits per heavy atom. The average molecular weight is 367 g/mol. The number of aryl methyl sites for hydroxylation is 2. The molecule has 1 fully saturated rings. The second-order valence-electron chi connectivity index (χ2n) is 7.18. The van der Waals surface area contributed by atoms with E-state index in [9.17, 15) is 4.79 Å². The van der Waals surface area contributed by atoms with E-state index in [1.54, 1.807) is 12.4 Å². The van der Waals surface area contributed by atoms with E-state index in [1.807, 2.05) is 28.4 Å². The van der Waals surface area contributed by atoms with Crippen LogP contribution in [0, 0.1) is 0 Å². The maximum absolute atomic E-state index is 13.1. The first kappa shape index (κ1) is 15.9. The number of carbonyl (C=O) groups is 1. The highest BCUT2D eigenvalue weighted by atomic mass is 32.1. The molecule has 2 aliphatic rings. The normalized spacial score (nSPS) is 20.3. The van der Waals surface area contributed by atoms with Crippen LogP contribution in [0.25, 0.3) is 5.52 Å². The van der Waals surface area contributed by atoms with Crippen LogP contribution in [0.3, 0.4) is 0 Å². The van der Waals surface area contributed by atoms with Gasteiger partial charge >= 0.3 is 0 Å². The van der Waals surface area contributed by atoms with Crippen LogP contribution < -0.4 is 0 Å². The van der Waals surface area contributed by atoms with Crippen molar-refractivity contribution in [2.75, 3.05) is 13.1 Å². The zero-order chi connectivity index (χ0) is 17.5. The van der Waals surface area contributed by atoms with Crippen LogP contribution in [-0.4, -0.2) is 43.7 Å². The highest BCUT2D eigenvalue weighted by molar-refractivity contribution is 7.11. The van der Waals surface area contributed by atoms with Crippen molar-refractivity contribution < 1.29 is 4.79 Å². The summed E-state index contributed by atoms with van der Waals surface area (Å²) in [5.74, 6) is 0.419. The fourth-order valence-electron chi connectivity index (χ4n) is 4.08. The zero-order valence-electron chi connectivity index (χ0n) is 14.6. The number of fused-ring (bicyclic) bond motifs is 2. The Kier molecular flexibility index (Phi) is 3.96. The van der Waals surface area contributed by atoms with E-state index in [0.717, 1.165) is 37.9 Å². The van der Waals surface area contributed by atoms with E-state index in [4.69, 9.17) is 4.98 Å². The number of aromatic nitrogens is 4. The standard InChI is InChI=1S/C19H21N5OS/c25-19(14-11-21-24-16(14)7-3-9-20-24)23-10-4-5-13(12-23)18-22-15-6-1-2-8-17(15)26-18/h3,7,9,11,13H,1-2,4-6,8,10,12H2. The van der Waals surface area contributed by atoms with E-state index in [0.29, 0.717) is 11.5 Å². The molecule has 3 aromatic heterocycles. The minimum Gasteiger partial charge on any atom is -0.338 e.